The van der Waals surface area contributed by atoms with Crippen LogP contribution in [-0.2, 0) is 16.4 Å². The van der Waals surface area contributed by atoms with E-state index in [9.17, 15) is 8.42 Å². The molecule has 1 heterocycles. The molecule has 0 saturated carbocycles. The molecule has 1 aromatic heterocycles. The molecule has 17 heavy (non-hydrogen) atoms. The Morgan fingerprint density at radius 3 is 2.53 bits per heavy atom. The van der Waals surface area contributed by atoms with E-state index in [1.807, 2.05) is 6.92 Å². The molecule has 0 aliphatic heterocycles. The van der Waals surface area contributed by atoms with Crippen molar-refractivity contribution in [2.75, 3.05) is 5.75 Å². The number of sulfone groups is 1. The molecule has 0 unspecified atom stereocenters. The third-order valence-electron chi connectivity index (χ3n) is 2.53. The maximum atomic E-state index is 12.0. The Morgan fingerprint density at radius 2 is 1.94 bits per heavy atom. The number of benzene rings is 1. The predicted molar refractivity (Wildman–Crippen MR) is 65.5 cm³/mol. The lowest BCUT2D eigenvalue weighted by Gasteiger charge is -2.05. The van der Waals surface area contributed by atoms with Crippen LogP contribution in [0, 0.1) is 6.92 Å². The van der Waals surface area contributed by atoms with Crippen LogP contribution in [0.1, 0.15) is 5.56 Å². The van der Waals surface area contributed by atoms with Crippen molar-refractivity contribution >= 4 is 9.84 Å². The van der Waals surface area contributed by atoms with Gasteiger partial charge in [0.15, 0.2) is 9.84 Å². The molecule has 90 valence electrons. The first-order valence-corrected chi connectivity index (χ1v) is 7.00. The predicted octanol–water partition coefficient (Wildman–Crippen LogP) is 1.67. The fourth-order valence-corrected chi connectivity index (χ4v) is 2.72. The monoisotopic (exact) mass is 250 g/mol. The highest BCUT2D eigenvalue weighted by Gasteiger charge is 2.13. The van der Waals surface area contributed by atoms with Gasteiger partial charge in [-0.05, 0) is 25.1 Å². The Hall–Kier alpha value is -1.62. The lowest BCUT2D eigenvalue weighted by Crippen LogP contribution is -2.13. The van der Waals surface area contributed by atoms with Gasteiger partial charge in [0.1, 0.15) is 0 Å². The van der Waals surface area contributed by atoms with Gasteiger partial charge in [0.2, 0.25) is 0 Å². The number of aromatic nitrogens is 2. The molecule has 0 spiro atoms. The SMILES string of the molecule is Cc1ccc(S(=O)(=O)CCn2cccn2)cc1. The minimum Gasteiger partial charge on any atom is -0.272 e. The third kappa shape index (κ3) is 2.94. The second-order valence-corrected chi connectivity index (χ2v) is 6.01. The Kier molecular flexibility index (Phi) is 3.28. The first-order chi connectivity index (χ1) is 8.08. The van der Waals surface area contributed by atoms with Gasteiger partial charge in [-0.3, -0.25) is 4.68 Å². The summed E-state index contributed by atoms with van der Waals surface area (Å²) in [5, 5.41) is 3.98. The van der Waals surface area contributed by atoms with Crippen LogP contribution in [0.4, 0.5) is 0 Å². The normalized spacial score (nSPS) is 11.6. The number of hydrogen-bond donors (Lipinski definition) is 0. The summed E-state index contributed by atoms with van der Waals surface area (Å²) in [6.07, 6.45) is 3.39. The van der Waals surface area contributed by atoms with E-state index in [4.69, 9.17) is 0 Å². The maximum absolute atomic E-state index is 12.0. The van der Waals surface area contributed by atoms with Crippen molar-refractivity contribution < 1.29 is 8.42 Å². The van der Waals surface area contributed by atoms with Crippen molar-refractivity contribution in [2.45, 2.75) is 18.4 Å². The van der Waals surface area contributed by atoms with Crippen LogP contribution in [0.15, 0.2) is 47.6 Å². The Bertz CT molecular complexity index is 571. The Balaban J connectivity index is 2.11. The lowest BCUT2D eigenvalue weighted by molar-refractivity contribution is 0.580. The van der Waals surface area contributed by atoms with Gasteiger partial charge in [-0.2, -0.15) is 5.10 Å². The molecule has 5 heteroatoms. The van der Waals surface area contributed by atoms with Gasteiger partial charge in [0.25, 0.3) is 0 Å². The first-order valence-electron chi connectivity index (χ1n) is 5.35. The summed E-state index contributed by atoms with van der Waals surface area (Å²) in [4.78, 5) is 0.371. The standard InChI is InChI=1S/C12H14N2O2S/c1-11-3-5-12(6-4-11)17(15,16)10-9-14-8-2-7-13-14/h2-8H,9-10H2,1H3. The molecule has 0 saturated heterocycles. The minimum atomic E-state index is -3.21. The molecule has 0 amide bonds. The van der Waals surface area contributed by atoms with Crippen molar-refractivity contribution in [2.24, 2.45) is 0 Å². The molecule has 0 aliphatic rings. The molecule has 0 radical (unpaired) electrons. The quantitative estimate of drug-likeness (QED) is 0.829. The molecule has 0 atom stereocenters. The highest BCUT2D eigenvalue weighted by molar-refractivity contribution is 7.91. The molecular formula is C12H14N2O2S. The Labute approximate surface area is 101 Å². The minimum absolute atomic E-state index is 0.0672. The van der Waals surface area contributed by atoms with Gasteiger partial charge in [-0.15, -0.1) is 0 Å². The largest absolute Gasteiger partial charge is 0.272 e. The summed E-state index contributed by atoms with van der Waals surface area (Å²) in [7, 11) is -3.21. The lowest BCUT2D eigenvalue weighted by atomic mass is 10.2. The molecule has 4 nitrogen and oxygen atoms in total. The van der Waals surface area contributed by atoms with Crippen molar-refractivity contribution in [3.8, 4) is 0 Å². The zero-order valence-electron chi connectivity index (χ0n) is 9.57. The van der Waals surface area contributed by atoms with Gasteiger partial charge < -0.3 is 0 Å². The van der Waals surface area contributed by atoms with Gasteiger partial charge >= 0.3 is 0 Å². The second-order valence-electron chi connectivity index (χ2n) is 3.90. The van der Waals surface area contributed by atoms with E-state index in [1.54, 1.807) is 47.4 Å². The molecular weight excluding hydrogens is 236 g/mol. The molecule has 2 rings (SSSR count). The first kappa shape index (κ1) is 11.9. The maximum Gasteiger partial charge on any atom is 0.180 e. The van der Waals surface area contributed by atoms with Crippen LogP contribution in [0.2, 0.25) is 0 Å². The van der Waals surface area contributed by atoms with E-state index < -0.39 is 9.84 Å². The van der Waals surface area contributed by atoms with E-state index >= 15 is 0 Å². The fraction of sp³-hybridized carbons (Fsp3) is 0.250. The van der Waals surface area contributed by atoms with E-state index in [1.165, 1.54) is 0 Å². The number of hydrogen-bond acceptors (Lipinski definition) is 3. The second kappa shape index (κ2) is 4.71. The van der Waals surface area contributed by atoms with Crippen LogP contribution in [0.25, 0.3) is 0 Å². The van der Waals surface area contributed by atoms with Crippen molar-refractivity contribution in [3.05, 3.63) is 48.3 Å². The molecule has 0 N–H and O–H groups in total. The van der Waals surface area contributed by atoms with Crippen molar-refractivity contribution in [3.63, 3.8) is 0 Å². The summed E-state index contributed by atoms with van der Waals surface area (Å²) < 4.78 is 25.6. The van der Waals surface area contributed by atoms with E-state index in [-0.39, 0.29) is 5.75 Å². The molecule has 0 fully saturated rings. The average molecular weight is 250 g/mol. The van der Waals surface area contributed by atoms with Gasteiger partial charge in [-0.1, -0.05) is 17.7 Å². The van der Waals surface area contributed by atoms with Crippen molar-refractivity contribution in [1.29, 1.82) is 0 Å². The van der Waals surface area contributed by atoms with Crippen molar-refractivity contribution in [1.82, 2.24) is 9.78 Å². The van der Waals surface area contributed by atoms with Crippen LogP contribution in [-0.4, -0.2) is 24.0 Å². The summed E-state index contributed by atoms with van der Waals surface area (Å²) in [5.41, 5.74) is 1.05. The summed E-state index contributed by atoms with van der Waals surface area (Å²) in [5.74, 6) is 0.0672. The molecule has 0 bridgehead atoms. The summed E-state index contributed by atoms with van der Waals surface area (Å²) in [6, 6.07) is 8.68. The molecule has 2 aromatic rings. The number of rotatable bonds is 4. The van der Waals surface area contributed by atoms with Crippen LogP contribution < -0.4 is 0 Å². The van der Waals surface area contributed by atoms with E-state index in [0.29, 0.717) is 11.4 Å². The molecule has 1 aromatic carbocycles. The smallest absolute Gasteiger partial charge is 0.180 e. The van der Waals surface area contributed by atoms with Crippen LogP contribution >= 0.6 is 0 Å². The summed E-state index contributed by atoms with van der Waals surface area (Å²) in [6.45, 7) is 2.31. The number of aryl methyl sites for hydroxylation is 2. The molecule has 0 aliphatic carbocycles. The average Bonchev–Trinajstić information content (AvgIpc) is 2.80. The highest BCUT2D eigenvalue weighted by atomic mass is 32.2. The Morgan fingerprint density at radius 1 is 1.24 bits per heavy atom. The van der Waals surface area contributed by atoms with Gasteiger partial charge in [0, 0.05) is 12.4 Å². The summed E-state index contributed by atoms with van der Waals surface area (Å²) >= 11 is 0. The third-order valence-corrected chi connectivity index (χ3v) is 4.24. The number of nitrogens with zero attached hydrogens (tertiary/aromatic N) is 2. The zero-order valence-corrected chi connectivity index (χ0v) is 10.4. The van der Waals surface area contributed by atoms with E-state index in [0.717, 1.165) is 5.56 Å². The van der Waals surface area contributed by atoms with Gasteiger partial charge in [-0.25, -0.2) is 8.42 Å². The van der Waals surface area contributed by atoms with E-state index in [2.05, 4.69) is 5.10 Å². The topological polar surface area (TPSA) is 52.0 Å². The zero-order chi connectivity index (χ0) is 12.3. The fourth-order valence-electron chi connectivity index (χ4n) is 1.51. The highest BCUT2D eigenvalue weighted by Crippen LogP contribution is 2.12. The van der Waals surface area contributed by atoms with Crippen LogP contribution in [0.5, 0.6) is 0 Å². The van der Waals surface area contributed by atoms with Gasteiger partial charge in [0.05, 0.1) is 17.2 Å². The van der Waals surface area contributed by atoms with Crippen LogP contribution in [0.3, 0.4) is 0 Å².